The lowest BCUT2D eigenvalue weighted by molar-refractivity contribution is -0.118. The molecule has 0 radical (unpaired) electrons. The minimum atomic E-state index is -1.03. The summed E-state index contributed by atoms with van der Waals surface area (Å²) in [5.41, 5.74) is 0.850. The Labute approximate surface area is 174 Å². The van der Waals surface area contributed by atoms with Gasteiger partial charge < -0.3 is 15.4 Å². The standard InChI is InChI=1S/C23H26F2N2O3/c1-23(2,3)30-22(29)27-20(12-14-4-9-17(24)10-5-14)21(28)26-19-11-8-16(13-18(19)25)15-6-7-15/h4-5,8-11,13,15,20H,6-7,12H2,1-3H3,(H,26,28)(H,27,29). The number of halogens is 2. The molecule has 1 saturated carbocycles. The Kier molecular flexibility index (Phi) is 6.39. The van der Waals surface area contributed by atoms with E-state index in [1.54, 1.807) is 26.8 Å². The Bertz CT molecular complexity index is 919. The molecule has 0 bridgehead atoms. The van der Waals surface area contributed by atoms with Crippen LogP contribution in [-0.2, 0) is 16.0 Å². The number of alkyl carbamates (subject to hydrolysis) is 1. The van der Waals surface area contributed by atoms with Crippen LogP contribution in [0, 0.1) is 11.6 Å². The van der Waals surface area contributed by atoms with Crippen LogP contribution in [0.3, 0.4) is 0 Å². The molecule has 0 heterocycles. The van der Waals surface area contributed by atoms with Gasteiger partial charge in [-0.2, -0.15) is 0 Å². The minimum Gasteiger partial charge on any atom is -0.444 e. The van der Waals surface area contributed by atoms with Crippen LogP contribution >= 0.6 is 0 Å². The first-order chi connectivity index (χ1) is 14.1. The molecular formula is C23H26F2N2O3. The van der Waals surface area contributed by atoms with Crippen LogP contribution in [0.4, 0.5) is 19.3 Å². The Morgan fingerprint density at radius 2 is 1.77 bits per heavy atom. The lowest BCUT2D eigenvalue weighted by Gasteiger charge is -2.23. The number of rotatable bonds is 6. The van der Waals surface area contributed by atoms with Crippen molar-refractivity contribution in [3.8, 4) is 0 Å². The highest BCUT2D eigenvalue weighted by Gasteiger charge is 2.27. The molecule has 5 nitrogen and oxygen atoms in total. The fourth-order valence-corrected chi connectivity index (χ4v) is 3.04. The molecule has 0 saturated heterocycles. The smallest absolute Gasteiger partial charge is 0.408 e. The number of benzene rings is 2. The molecule has 30 heavy (non-hydrogen) atoms. The molecule has 7 heteroatoms. The summed E-state index contributed by atoms with van der Waals surface area (Å²) in [6.07, 6.45) is 1.41. The van der Waals surface area contributed by atoms with E-state index in [2.05, 4.69) is 10.6 Å². The second-order valence-electron chi connectivity index (χ2n) is 8.53. The summed E-state index contributed by atoms with van der Waals surface area (Å²) in [5, 5.41) is 5.06. The fraction of sp³-hybridized carbons (Fsp3) is 0.391. The first-order valence-electron chi connectivity index (χ1n) is 9.95. The van der Waals surface area contributed by atoms with E-state index in [0.717, 1.165) is 18.4 Å². The first kappa shape index (κ1) is 21.7. The van der Waals surface area contributed by atoms with Gasteiger partial charge in [0.2, 0.25) is 5.91 Å². The Hall–Kier alpha value is -2.96. The highest BCUT2D eigenvalue weighted by Crippen LogP contribution is 2.40. The number of hydrogen-bond acceptors (Lipinski definition) is 3. The van der Waals surface area contributed by atoms with Crippen LogP contribution in [0.2, 0.25) is 0 Å². The second-order valence-corrected chi connectivity index (χ2v) is 8.53. The third-order valence-electron chi connectivity index (χ3n) is 4.66. The lowest BCUT2D eigenvalue weighted by atomic mass is 10.0. The van der Waals surface area contributed by atoms with Crippen molar-refractivity contribution in [2.24, 2.45) is 0 Å². The van der Waals surface area contributed by atoms with Gasteiger partial charge in [0.25, 0.3) is 0 Å². The van der Waals surface area contributed by atoms with E-state index in [1.165, 1.54) is 36.4 Å². The van der Waals surface area contributed by atoms with Crippen molar-refractivity contribution in [2.75, 3.05) is 5.32 Å². The van der Waals surface area contributed by atoms with E-state index in [-0.39, 0.29) is 12.1 Å². The van der Waals surface area contributed by atoms with Gasteiger partial charge in [-0.1, -0.05) is 18.2 Å². The van der Waals surface area contributed by atoms with E-state index in [0.29, 0.717) is 11.5 Å². The highest BCUT2D eigenvalue weighted by atomic mass is 19.1. The average Bonchev–Trinajstić information content (AvgIpc) is 3.48. The number of hydrogen-bond donors (Lipinski definition) is 2. The molecule has 2 aromatic rings. The molecule has 1 fully saturated rings. The van der Waals surface area contributed by atoms with Crippen molar-refractivity contribution >= 4 is 17.7 Å². The predicted molar refractivity (Wildman–Crippen MR) is 110 cm³/mol. The quantitative estimate of drug-likeness (QED) is 0.703. The van der Waals surface area contributed by atoms with Crippen LogP contribution in [0.25, 0.3) is 0 Å². The topological polar surface area (TPSA) is 67.4 Å². The summed E-state index contributed by atoms with van der Waals surface area (Å²) >= 11 is 0. The Balaban J connectivity index is 1.74. The maximum Gasteiger partial charge on any atom is 0.408 e. The largest absolute Gasteiger partial charge is 0.444 e. The van der Waals surface area contributed by atoms with E-state index in [9.17, 15) is 18.4 Å². The minimum absolute atomic E-state index is 0.0412. The summed E-state index contributed by atoms with van der Waals surface area (Å²) in [7, 11) is 0. The second kappa shape index (κ2) is 8.81. The van der Waals surface area contributed by atoms with Gasteiger partial charge in [0.05, 0.1) is 5.69 Å². The zero-order valence-electron chi connectivity index (χ0n) is 17.3. The van der Waals surface area contributed by atoms with E-state index in [4.69, 9.17) is 4.74 Å². The van der Waals surface area contributed by atoms with Crippen molar-refractivity contribution in [2.45, 2.75) is 57.6 Å². The van der Waals surface area contributed by atoms with Gasteiger partial charge in [-0.25, -0.2) is 13.6 Å². The molecule has 2 aromatic carbocycles. The number of amides is 2. The number of carbonyl (C=O) groups is 2. The number of nitrogens with one attached hydrogen (secondary N) is 2. The zero-order valence-corrected chi connectivity index (χ0v) is 17.3. The van der Waals surface area contributed by atoms with Crippen LogP contribution in [0.5, 0.6) is 0 Å². The maximum absolute atomic E-state index is 14.4. The van der Waals surface area contributed by atoms with Crippen LogP contribution < -0.4 is 10.6 Å². The van der Waals surface area contributed by atoms with E-state index in [1.807, 2.05) is 0 Å². The highest BCUT2D eigenvalue weighted by molar-refractivity contribution is 5.96. The van der Waals surface area contributed by atoms with Crippen molar-refractivity contribution in [1.82, 2.24) is 5.32 Å². The van der Waals surface area contributed by atoms with Crippen molar-refractivity contribution in [1.29, 1.82) is 0 Å². The summed E-state index contributed by atoms with van der Waals surface area (Å²) in [6, 6.07) is 9.32. The maximum atomic E-state index is 14.4. The molecule has 1 atom stereocenters. The van der Waals surface area contributed by atoms with Gasteiger partial charge in [0, 0.05) is 6.42 Å². The molecule has 2 N–H and O–H groups in total. The SMILES string of the molecule is CC(C)(C)OC(=O)NC(Cc1ccc(F)cc1)C(=O)Nc1ccc(C2CC2)cc1F. The summed E-state index contributed by atoms with van der Waals surface area (Å²) in [5.74, 6) is -1.13. The van der Waals surface area contributed by atoms with Crippen LogP contribution in [0.1, 0.15) is 50.7 Å². The average molecular weight is 416 g/mol. The van der Waals surface area contributed by atoms with Crippen LogP contribution in [-0.4, -0.2) is 23.6 Å². The molecule has 0 aliphatic heterocycles. The summed E-state index contributed by atoms with van der Waals surface area (Å²) in [6.45, 7) is 5.12. The fourth-order valence-electron chi connectivity index (χ4n) is 3.04. The molecular weight excluding hydrogens is 390 g/mol. The lowest BCUT2D eigenvalue weighted by Crippen LogP contribution is -2.47. The third-order valence-corrected chi connectivity index (χ3v) is 4.66. The molecule has 0 aromatic heterocycles. The normalized spacial score (nSPS) is 14.7. The van der Waals surface area contributed by atoms with E-state index < -0.39 is 35.3 Å². The van der Waals surface area contributed by atoms with Crippen LogP contribution in [0.15, 0.2) is 42.5 Å². The summed E-state index contributed by atoms with van der Waals surface area (Å²) < 4.78 is 32.9. The zero-order chi connectivity index (χ0) is 21.9. The predicted octanol–water partition coefficient (Wildman–Crippen LogP) is 4.92. The summed E-state index contributed by atoms with van der Waals surface area (Å²) in [4.78, 5) is 25.1. The van der Waals surface area contributed by atoms with Crippen molar-refractivity contribution < 1.29 is 23.1 Å². The molecule has 3 rings (SSSR count). The molecule has 2 amide bonds. The third kappa shape index (κ3) is 6.27. The molecule has 1 aliphatic rings. The Morgan fingerprint density at radius 1 is 1.10 bits per heavy atom. The van der Waals surface area contributed by atoms with Gasteiger partial charge >= 0.3 is 6.09 Å². The van der Waals surface area contributed by atoms with Gasteiger partial charge in [0.1, 0.15) is 23.3 Å². The van der Waals surface area contributed by atoms with Gasteiger partial charge in [-0.15, -0.1) is 0 Å². The Morgan fingerprint density at radius 3 is 2.33 bits per heavy atom. The molecule has 1 unspecified atom stereocenters. The number of ether oxygens (including phenoxy) is 1. The van der Waals surface area contributed by atoms with Gasteiger partial charge in [-0.3, -0.25) is 4.79 Å². The van der Waals surface area contributed by atoms with Crippen molar-refractivity contribution in [3.63, 3.8) is 0 Å². The van der Waals surface area contributed by atoms with E-state index >= 15 is 0 Å². The number of anilines is 1. The molecule has 1 aliphatic carbocycles. The number of carbonyl (C=O) groups excluding carboxylic acids is 2. The molecule has 160 valence electrons. The molecule has 0 spiro atoms. The van der Waals surface area contributed by atoms with Crippen molar-refractivity contribution in [3.05, 3.63) is 65.2 Å². The van der Waals surface area contributed by atoms with Gasteiger partial charge in [0.15, 0.2) is 0 Å². The van der Waals surface area contributed by atoms with Gasteiger partial charge in [-0.05, 0) is 74.9 Å². The first-order valence-corrected chi connectivity index (χ1v) is 9.95. The monoisotopic (exact) mass is 416 g/mol.